The van der Waals surface area contributed by atoms with Crippen molar-refractivity contribution in [3.05, 3.63) is 51.6 Å². The topological polar surface area (TPSA) is 61.5 Å². The average Bonchev–Trinajstić information content (AvgIpc) is 2.41. The lowest BCUT2D eigenvalue weighted by Crippen LogP contribution is -2.07. The summed E-state index contributed by atoms with van der Waals surface area (Å²) in [6, 6.07) is 12.5. The molecule has 0 radical (unpaired) electrons. The summed E-state index contributed by atoms with van der Waals surface area (Å²) < 4.78 is 11.8. The molecule has 0 saturated heterocycles. The molecule has 2 rings (SSSR count). The summed E-state index contributed by atoms with van der Waals surface area (Å²) in [5.41, 5.74) is 6.53. The lowest BCUT2D eigenvalue weighted by atomic mass is 10.2. The van der Waals surface area contributed by atoms with E-state index in [1.165, 1.54) is 0 Å². The summed E-state index contributed by atoms with van der Waals surface area (Å²) in [6.45, 7) is 2.06. The monoisotopic (exact) mass is 383 g/mol. The second-order valence-corrected chi connectivity index (χ2v) is 5.28. The maximum absolute atomic E-state index is 11.9. The molecule has 2 aromatic rings. The predicted octanol–water partition coefficient (Wildman–Crippen LogP) is 3.84. The molecule has 5 heteroatoms. The highest BCUT2D eigenvalue weighted by atomic mass is 127. The second kappa shape index (κ2) is 6.60. The Morgan fingerprint density at radius 2 is 2.05 bits per heavy atom. The number of carbonyl (C=O) groups excluding carboxylic acids is 1. The third kappa shape index (κ3) is 3.63. The van der Waals surface area contributed by atoms with Crippen LogP contribution in [0.4, 0.5) is 5.69 Å². The normalized spacial score (nSPS) is 10.1. The Morgan fingerprint density at radius 1 is 1.25 bits per heavy atom. The fraction of sp³-hybridized carbons (Fsp3) is 0.133. The van der Waals surface area contributed by atoms with Crippen LogP contribution in [0.5, 0.6) is 11.5 Å². The Labute approximate surface area is 131 Å². The number of nitrogens with two attached hydrogens (primary N) is 1. The van der Waals surface area contributed by atoms with E-state index in [0.717, 1.165) is 3.57 Å². The van der Waals surface area contributed by atoms with Crippen molar-refractivity contribution in [1.29, 1.82) is 0 Å². The molecule has 0 heterocycles. The Kier molecular flexibility index (Phi) is 4.84. The van der Waals surface area contributed by atoms with E-state index in [1.54, 1.807) is 25.1 Å². The van der Waals surface area contributed by atoms with Crippen molar-refractivity contribution in [3.8, 4) is 11.5 Å². The number of anilines is 1. The Morgan fingerprint density at radius 3 is 2.75 bits per heavy atom. The van der Waals surface area contributed by atoms with E-state index in [9.17, 15) is 4.79 Å². The van der Waals surface area contributed by atoms with Crippen LogP contribution in [-0.4, -0.2) is 12.6 Å². The van der Waals surface area contributed by atoms with E-state index < -0.39 is 5.97 Å². The lowest BCUT2D eigenvalue weighted by Gasteiger charge is -2.11. The van der Waals surface area contributed by atoms with Gasteiger partial charge in [-0.05, 0) is 65.9 Å². The first kappa shape index (κ1) is 14.6. The van der Waals surface area contributed by atoms with Gasteiger partial charge in [0.1, 0.15) is 17.1 Å². The molecule has 0 spiro atoms. The molecule has 0 aliphatic rings. The number of hydrogen-bond donors (Lipinski definition) is 1. The van der Waals surface area contributed by atoms with Gasteiger partial charge in [0.25, 0.3) is 0 Å². The maximum Gasteiger partial charge on any atom is 0.342 e. The molecule has 0 amide bonds. The van der Waals surface area contributed by atoms with Crippen molar-refractivity contribution in [1.82, 2.24) is 0 Å². The number of benzene rings is 2. The van der Waals surface area contributed by atoms with Gasteiger partial charge < -0.3 is 15.2 Å². The van der Waals surface area contributed by atoms with Crippen molar-refractivity contribution in [3.63, 3.8) is 0 Å². The van der Waals surface area contributed by atoms with E-state index in [2.05, 4.69) is 22.6 Å². The summed E-state index contributed by atoms with van der Waals surface area (Å²) in [4.78, 5) is 11.9. The molecule has 2 N–H and O–H groups in total. The number of hydrogen-bond acceptors (Lipinski definition) is 4. The Balaban J connectivity index is 2.33. The van der Waals surface area contributed by atoms with Gasteiger partial charge in [-0.25, -0.2) is 4.79 Å². The molecule has 4 nitrogen and oxygen atoms in total. The number of rotatable bonds is 4. The lowest BCUT2D eigenvalue weighted by molar-refractivity contribution is 0.0523. The van der Waals surface area contributed by atoms with Crippen LogP contribution >= 0.6 is 22.6 Å². The van der Waals surface area contributed by atoms with E-state index in [1.807, 2.05) is 24.3 Å². The van der Waals surface area contributed by atoms with Gasteiger partial charge >= 0.3 is 5.97 Å². The summed E-state index contributed by atoms with van der Waals surface area (Å²) in [5.74, 6) is 0.646. The number of carbonyl (C=O) groups is 1. The Bertz CT molecular complexity index is 628. The first-order chi connectivity index (χ1) is 9.60. The molecule has 104 valence electrons. The molecular formula is C15H14INO3. The van der Waals surface area contributed by atoms with Crippen LogP contribution in [0.25, 0.3) is 0 Å². The van der Waals surface area contributed by atoms with Gasteiger partial charge in [-0.3, -0.25) is 0 Å². The minimum atomic E-state index is -0.444. The minimum Gasteiger partial charge on any atom is -0.462 e. The first-order valence-electron chi connectivity index (χ1n) is 6.10. The highest BCUT2D eigenvalue weighted by molar-refractivity contribution is 14.1. The minimum absolute atomic E-state index is 0.302. The Hall–Kier alpha value is -1.76. The molecule has 0 bridgehead atoms. The van der Waals surface area contributed by atoms with Gasteiger partial charge in [0.05, 0.1) is 6.61 Å². The molecule has 0 aliphatic heterocycles. The largest absolute Gasteiger partial charge is 0.462 e. The average molecular weight is 383 g/mol. The van der Waals surface area contributed by atoms with Crippen LogP contribution in [0.2, 0.25) is 0 Å². The second-order valence-electron chi connectivity index (χ2n) is 4.04. The number of halogens is 1. The quantitative estimate of drug-likeness (QED) is 0.495. The summed E-state index contributed by atoms with van der Waals surface area (Å²) >= 11 is 2.20. The highest BCUT2D eigenvalue weighted by Crippen LogP contribution is 2.28. The summed E-state index contributed by atoms with van der Waals surface area (Å²) in [5, 5.41) is 0. The van der Waals surface area contributed by atoms with Crippen molar-refractivity contribution in [2.24, 2.45) is 0 Å². The zero-order chi connectivity index (χ0) is 14.5. The predicted molar refractivity (Wildman–Crippen MR) is 86.0 cm³/mol. The van der Waals surface area contributed by atoms with Crippen molar-refractivity contribution >= 4 is 34.2 Å². The number of esters is 1. The van der Waals surface area contributed by atoms with Gasteiger partial charge in [-0.15, -0.1) is 0 Å². The van der Waals surface area contributed by atoms with Crippen LogP contribution < -0.4 is 10.5 Å². The third-order valence-electron chi connectivity index (χ3n) is 2.52. The standard InChI is InChI=1S/C15H14INO3/c1-2-19-15(18)13-9-11(17)6-7-14(13)20-12-5-3-4-10(16)8-12/h3-9H,2,17H2,1H3. The van der Waals surface area contributed by atoms with Crippen LogP contribution in [0, 0.1) is 3.57 Å². The van der Waals surface area contributed by atoms with E-state index >= 15 is 0 Å². The number of nitrogen functional groups attached to an aromatic ring is 1. The first-order valence-corrected chi connectivity index (χ1v) is 7.18. The smallest absolute Gasteiger partial charge is 0.342 e. The molecule has 0 fully saturated rings. The molecular weight excluding hydrogens is 369 g/mol. The molecule has 0 saturated carbocycles. The summed E-state index contributed by atoms with van der Waals surface area (Å²) in [7, 11) is 0. The van der Waals surface area contributed by atoms with E-state index in [0.29, 0.717) is 29.4 Å². The highest BCUT2D eigenvalue weighted by Gasteiger charge is 2.15. The van der Waals surface area contributed by atoms with Crippen LogP contribution in [0.3, 0.4) is 0 Å². The molecule has 0 aliphatic carbocycles. The molecule has 0 aromatic heterocycles. The maximum atomic E-state index is 11.9. The molecule has 0 atom stereocenters. The number of ether oxygens (including phenoxy) is 2. The SMILES string of the molecule is CCOC(=O)c1cc(N)ccc1Oc1cccc(I)c1. The van der Waals surface area contributed by atoms with Gasteiger partial charge in [0.15, 0.2) is 0 Å². The van der Waals surface area contributed by atoms with E-state index in [-0.39, 0.29) is 0 Å². The van der Waals surface area contributed by atoms with Crippen molar-refractivity contribution in [2.75, 3.05) is 12.3 Å². The molecule has 2 aromatic carbocycles. The van der Waals surface area contributed by atoms with Crippen LogP contribution in [0.15, 0.2) is 42.5 Å². The zero-order valence-electron chi connectivity index (χ0n) is 10.9. The summed E-state index contributed by atoms with van der Waals surface area (Å²) in [6.07, 6.45) is 0. The van der Waals surface area contributed by atoms with Crippen molar-refractivity contribution in [2.45, 2.75) is 6.92 Å². The van der Waals surface area contributed by atoms with E-state index in [4.69, 9.17) is 15.2 Å². The zero-order valence-corrected chi connectivity index (χ0v) is 13.1. The molecule has 0 unspecified atom stereocenters. The fourth-order valence-corrected chi connectivity index (χ4v) is 2.18. The van der Waals surface area contributed by atoms with Gasteiger partial charge in [-0.1, -0.05) is 6.07 Å². The third-order valence-corrected chi connectivity index (χ3v) is 3.19. The van der Waals surface area contributed by atoms with Crippen LogP contribution in [0.1, 0.15) is 17.3 Å². The fourth-order valence-electron chi connectivity index (χ4n) is 1.66. The van der Waals surface area contributed by atoms with Gasteiger partial charge in [-0.2, -0.15) is 0 Å². The van der Waals surface area contributed by atoms with Gasteiger partial charge in [0.2, 0.25) is 0 Å². The van der Waals surface area contributed by atoms with Crippen molar-refractivity contribution < 1.29 is 14.3 Å². The van der Waals surface area contributed by atoms with Gasteiger partial charge in [0, 0.05) is 9.26 Å². The molecule has 20 heavy (non-hydrogen) atoms. The van der Waals surface area contributed by atoms with Crippen LogP contribution in [-0.2, 0) is 4.74 Å².